The van der Waals surface area contributed by atoms with E-state index in [0.29, 0.717) is 17.1 Å². The first-order valence-corrected chi connectivity index (χ1v) is 12.2. The van der Waals surface area contributed by atoms with E-state index in [1.165, 1.54) is 5.69 Å². The normalized spacial score (nSPS) is 15.7. The minimum atomic E-state index is -0.213. The largest absolute Gasteiger partial charge is 0.371 e. The lowest BCUT2D eigenvalue weighted by atomic mass is 9.95. The Morgan fingerprint density at radius 3 is 2.42 bits per heavy atom. The summed E-state index contributed by atoms with van der Waals surface area (Å²) in [5, 5.41) is 0.606. The zero-order valence-electron chi connectivity index (χ0n) is 19.4. The minimum absolute atomic E-state index is 0.144. The van der Waals surface area contributed by atoms with E-state index in [4.69, 9.17) is 9.47 Å². The van der Waals surface area contributed by atoms with Crippen LogP contribution < -0.4 is 10.5 Å². The number of piperidine rings is 1. The lowest BCUT2D eigenvalue weighted by molar-refractivity contribution is -0.141. The van der Waals surface area contributed by atoms with E-state index in [0.717, 1.165) is 47.0 Å². The molecule has 2 aromatic carbocycles. The number of aromatic nitrogens is 3. The number of imidazole rings is 1. The highest BCUT2D eigenvalue weighted by atomic mass is 79.9. The number of rotatable bonds is 5. The molecular formula is C25H29BrN4O3. The predicted molar refractivity (Wildman–Crippen MR) is 135 cm³/mol. The smallest absolute Gasteiger partial charge is 0.283 e. The third kappa shape index (κ3) is 3.64. The Kier molecular flexibility index (Phi) is 5.93. The van der Waals surface area contributed by atoms with Crippen LogP contribution in [0.3, 0.4) is 0 Å². The van der Waals surface area contributed by atoms with E-state index < -0.39 is 0 Å². The summed E-state index contributed by atoms with van der Waals surface area (Å²) in [6, 6.07) is 12.6. The molecule has 7 nitrogen and oxygen atoms in total. The van der Waals surface area contributed by atoms with Crippen LogP contribution in [0.2, 0.25) is 0 Å². The van der Waals surface area contributed by atoms with Crippen LogP contribution in [0.15, 0.2) is 45.7 Å². The summed E-state index contributed by atoms with van der Waals surface area (Å²) in [4.78, 5) is 19.9. The van der Waals surface area contributed by atoms with Crippen molar-refractivity contribution in [2.75, 3.05) is 32.2 Å². The molecule has 1 fully saturated rings. The highest BCUT2D eigenvalue weighted by Gasteiger charge is 2.27. The Balaban J connectivity index is 1.64. The lowest BCUT2D eigenvalue weighted by Crippen LogP contribution is -2.39. The van der Waals surface area contributed by atoms with Crippen LogP contribution in [0.1, 0.15) is 32.7 Å². The number of hydrogen-bond donors (Lipinski definition) is 0. The molecule has 4 aromatic rings. The molecule has 1 saturated heterocycles. The van der Waals surface area contributed by atoms with Gasteiger partial charge in [0, 0.05) is 49.4 Å². The molecule has 0 bridgehead atoms. The second-order valence-corrected chi connectivity index (χ2v) is 9.84. The van der Waals surface area contributed by atoms with Gasteiger partial charge >= 0.3 is 0 Å². The molecule has 0 amide bonds. The number of fused-ring (bicyclic) bond motifs is 5. The summed E-state index contributed by atoms with van der Waals surface area (Å²) in [7, 11) is 3.42. The van der Waals surface area contributed by atoms with Crippen LogP contribution in [-0.4, -0.2) is 47.6 Å². The van der Waals surface area contributed by atoms with E-state index in [-0.39, 0.29) is 17.9 Å². The van der Waals surface area contributed by atoms with Crippen molar-refractivity contribution in [1.82, 2.24) is 14.0 Å². The van der Waals surface area contributed by atoms with Gasteiger partial charge in [-0.3, -0.25) is 9.20 Å². The molecule has 1 aliphatic heterocycles. The molecule has 5 rings (SSSR count). The maximum absolute atomic E-state index is 12.9. The molecule has 0 unspecified atom stereocenters. The number of hydrogen-bond acceptors (Lipinski definition) is 5. The predicted octanol–water partition coefficient (Wildman–Crippen LogP) is 4.98. The zero-order valence-corrected chi connectivity index (χ0v) is 21.0. The third-order valence-corrected chi connectivity index (χ3v) is 7.45. The Labute approximate surface area is 201 Å². The van der Waals surface area contributed by atoms with Gasteiger partial charge in [-0.15, -0.1) is 0 Å². The quantitative estimate of drug-likeness (QED) is 0.353. The average Bonchev–Trinajstić information content (AvgIpc) is 3.14. The number of anilines is 1. The maximum Gasteiger partial charge on any atom is 0.283 e. The topological polar surface area (TPSA) is 61.0 Å². The molecule has 0 aliphatic carbocycles. The molecular weight excluding hydrogens is 484 g/mol. The molecule has 33 heavy (non-hydrogen) atoms. The molecule has 0 atom stereocenters. The summed E-state index contributed by atoms with van der Waals surface area (Å²) >= 11 is 3.54. The van der Waals surface area contributed by atoms with Gasteiger partial charge in [-0.2, -0.15) is 4.98 Å². The summed E-state index contributed by atoms with van der Waals surface area (Å²) in [6.07, 6.45) is 1.90. The second kappa shape index (κ2) is 8.74. The Morgan fingerprint density at radius 1 is 1.03 bits per heavy atom. The molecule has 0 radical (unpaired) electrons. The molecule has 174 valence electrons. The molecule has 0 N–H and O–H groups in total. The summed E-state index contributed by atoms with van der Waals surface area (Å²) in [5.41, 5.74) is 3.96. The second-order valence-electron chi connectivity index (χ2n) is 8.99. The SMILES string of the molecule is COC(OC)C1CCN(c2ccc3c(c2)n(C(C)C)c2nc(=O)c4c(Br)cccc4n32)CC1. The van der Waals surface area contributed by atoms with Crippen LogP contribution in [0.25, 0.3) is 27.7 Å². The molecule has 3 heterocycles. The van der Waals surface area contributed by atoms with E-state index in [2.05, 4.69) is 66.8 Å². The fourth-order valence-electron chi connectivity index (χ4n) is 5.23. The first-order chi connectivity index (χ1) is 15.9. The van der Waals surface area contributed by atoms with E-state index >= 15 is 0 Å². The standard InChI is InChI=1S/C25H29BrN4O3/c1-15(2)29-21-14-17(28-12-10-16(11-13-28)24(32-3)33-4)8-9-19(21)30-20-7-5-6-18(26)22(20)23(31)27-25(29)30/h5-9,14-16,24H,10-13H2,1-4H3. The number of halogens is 1. The van der Waals surface area contributed by atoms with Gasteiger partial charge in [-0.05, 0) is 73.0 Å². The average molecular weight is 513 g/mol. The first-order valence-electron chi connectivity index (χ1n) is 11.4. The summed E-state index contributed by atoms with van der Waals surface area (Å²) in [6.45, 7) is 6.16. The number of ether oxygens (including phenoxy) is 2. The number of benzene rings is 2. The van der Waals surface area contributed by atoms with Crippen molar-refractivity contribution in [3.63, 3.8) is 0 Å². The lowest BCUT2D eigenvalue weighted by Gasteiger charge is -2.36. The fourth-order valence-corrected chi connectivity index (χ4v) is 5.76. The highest BCUT2D eigenvalue weighted by molar-refractivity contribution is 9.10. The van der Waals surface area contributed by atoms with Gasteiger partial charge in [0.05, 0.1) is 21.9 Å². The monoisotopic (exact) mass is 512 g/mol. The van der Waals surface area contributed by atoms with Crippen LogP contribution >= 0.6 is 15.9 Å². The highest BCUT2D eigenvalue weighted by Crippen LogP contribution is 2.33. The molecule has 0 saturated carbocycles. The van der Waals surface area contributed by atoms with Crippen LogP contribution in [0.5, 0.6) is 0 Å². The Hall–Kier alpha value is -2.42. The van der Waals surface area contributed by atoms with E-state index in [9.17, 15) is 4.79 Å². The van der Waals surface area contributed by atoms with Gasteiger partial charge in [-0.1, -0.05) is 6.07 Å². The van der Waals surface area contributed by atoms with E-state index in [1.54, 1.807) is 14.2 Å². The van der Waals surface area contributed by atoms with Crippen molar-refractivity contribution in [2.45, 2.75) is 39.0 Å². The summed E-state index contributed by atoms with van der Waals surface area (Å²) < 4.78 is 16.0. The summed E-state index contributed by atoms with van der Waals surface area (Å²) in [5.74, 6) is 1.08. The number of nitrogens with zero attached hydrogens (tertiary/aromatic N) is 4. The number of methoxy groups -OCH3 is 2. The first kappa shape index (κ1) is 22.4. The van der Waals surface area contributed by atoms with Crippen molar-refractivity contribution in [3.05, 3.63) is 51.2 Å². The van der Waals surface area contributed by atoms with Gasteiger partial charge < -0.3 is 18.9 Å². The van der Waals surface area contributed by atoms with Gasteiger partial charge in [0.1, 0.15) is 0 Å². The zero-order chi connectivity index (χ0) is 23.3. The van der Waals surface area contributed by atoms with Gasteiger partial charge in [0.25, 0.3) is 5.56 Å². The molecule has 1 aliphatic rings. The van der Waals surface area contributed by atoms with Gasteiger partial charge in [-0.25, -0.2) is 0 Å². The minimum Gasteiger partial charge on any atom is -0.371 e. The van der Waals surface area contributed by atoms with Crippen molar-refractivity contribution >= 4 is 49.3 Å². The molecule has 0 spiro atoms. The van der Waals surface area contributed by atoms with Crippen molar-refractivity contribution in [3.8, 4) is 0 Å². The molecule has 8 heteroatoms. The Bertz CT molecular complexity index is 1380. The molecule has 2 aromatic heterocycles. The fraction of sp³-hybridized carbons (Fsp3) is 0.440. The van der Waals surface area contributed by atoms with Crippen molar-refractivity contribution in [1.29, 1.82) is 0 Å². The third-order valence-electron chi connectivity index (χ3n) is 6.79. The van der Waals surface area contributed by atoms with Crippen molar-refractivity contribution < 1.29 is 9.47 Å². The van der Waals surface area contributed by atoms with Crippen molar-refractivity contribution in [2.24, 2.45) is 5.92 Å². The van der Waals surface area contributed by atoms with Gasteiger partial charge in [0.15, 0.2) is 6.29 Å². The van der Waals surface area contributed by atoms with Crippen LogP contribution in [0.4, 0.5) is 5.69 Å². The maximum atomic E-state index is 12.9. The van der Waals surface area contributed by atoms with Crippen LogP contribution in [-0.2, 0) is 9.47 Å². The van der Waals surface area contributed by atoms with Gasteiger partial charge in [0.2, 0.25) is 5.78 Å². The van der Waals surface area contributed by atoms with Crippen LogP contribution in [0, 0.1) is 5.92 Å². The van der Waals surface area contributed by atoms with E-state index in [1.807, 2.05) is 18.2 Å². The Morgan fingerprint density at radius 2 is 1.76 bits per heavy atom.